The first kappa shape index (κ1) is 8.57. The van der Waals surface area contributed by atoms with Gasteiger partial charge in [0.25, 0.3) is 0 Å². The average Bonchev–Trinajstić information content (AvgIpc) is 1.66. The molecular weight excluding hydrogens is 227 g/mol. The number of hydrogen-bond acceptors (Lipinski definition) is 4. The Bertz CT molecular complexity index is 48.5. The monoisotopic (exact) mass is 234 g/mol. The summed E-state index contributed by atoms with van der Waals surface area (Å²) in [5.41, 5.74) is 0. The van der Waals surface area contributed by atoms with Crippen LogP contribution in [-0.4, -0.2) is 18.3 Å². The lowest BCUT2D eigenvalue weighted by molar-refractivity contribution is -1.63. The lowest BCUT2D eigenvalue weighted by Crippen LogP contribution is -3.99. The van der Waals surface area contributed by atoms with Gasteiger partial charge in [0.1, 0.15) is 6.61 Å². The van der Waals surface area contributed by atoms with Crippen molar-refractivity contribution < 1.29 is 36.1 Å². The molecule has 5 heteroatoms. The first-order valence-corrected chi connectivity index (χ1v) is 4.71. The van der Waals surface area contributed by atoms with E-state index in [1.54, 1.807) is 0 Å². The van der Waals surface area contributed by atoms with Crippen molar-refractivity contribution in [1.29, 1.82) is 0 Å². The van der Waals surface area contributed by atoms with Gasteiger partial charge in [0, 0.05) is 13.0 Å². The highest BCUT2D eigenvalue weighted by atomic mass is 127. The first-order valence-electron chi connectivity index (χ1n) is 2.07. The van der Waals surface area contributed by atoms with Gasteiger partial charge in [-0.15, -0.1) is 0 Å². The van der Waals surface area contributed by atoms with E-state index >= 15 is 0 Å². The zero-order valence-corrected chi connectivity index (χ0v) is 6.33. The van der Waals surface area contributed by atoms with Crippen molar-refractivity contribution in [2.75, 3.05) is 13.2 Å². The summed E-state index contributed by atoms with van der Waals surface area (Å²) in [5, 5.41) is 8.11. The molecule has 0 aliphatic carbocycles. The summed E-state index contributed by atoms with van der Waals surface area (Å²) in [6, 6.07) is 0. The molecule has 0 bridgehead atoms. The van der Waals surface area contributed by atoms with Crippen molar-refractivity contribution in [3.05, 3.63) is 0 Å². The van der Waals surface area contributed by atoms with E-state index < -0.39 is 21.1 Å². The van der Waals surface area contributed by atoms with Crippen LogP contribution in [-0.2, 0) is 3.07 Å². The molecule has 0 rings (SSSR count). The smallest absolute Gasteiger partial charge is 0.396 e. The number of aliphatic hydroxyl groups is 1. The maximum Gasteiger partial charge on any atom is 0.506 e. The molecule has 0 fully saturated rings. The van der Waals surface area contributed by atoms with Gasteiger partial charge in [0.15, 0.2) is 0 Å². The van der Waals surface area contributed by atoms with Crippen LogP contribution < -0.4 is 27.9 Å². The van der Waals surface area contributed by atoms with Gasteiger partial charge in [-0.2, -0.15) is 0 Å². The fourth-order valence-corrected chi connectivity index (χ4v) is 0.853. The van der Waals surface area contributed by atoms with Crippen LogP contribution in [0.3, 0.4) is 0 Å². The maximum atomic E-state index is 9.70. The molecule has 0 heterocycles. The Balaban J connectivity index is 2.72. The number of halogens is 1. The van der Waals surface area contributed by atoms with Crippen LogP contribution in [0.4, 0.5) is 0 Å². The van der Waals surface area contributed by atoms with Crippen LogP contribution >= 0.6 is 0 Å². The Labute approximate surface area is 56.1 Å². The molecule has 0 aromatic carbocycles. The molecule has 0 aromatic heterocycles. The molecule has 0 spiro atoms. The van der Waals surface area contributed by atoms with Crippen LogP contribution in [0, 0.1) is 0 Å². The first-order chi connectivity index (χ1) is 3.77. The van der Waals surface area contributed by atoms with Gasteiger partial charge in [-0.3, -0.25) is 0 Å². The van der Waals surface area contributed by atoms with Crippen LogP contribution in [0.5, 0.6) is 0 Å². The second-order valence-electron chi connectivity index (χ2n) is 1.08. The predicted molar refractivity (Wildman–Crippen MR) is 17.7 cm³/mol. The average molecular weight is 234 g/mol. The lowest BCUT2D eigenvalue weighted by Gasteiger charge is -1.88. The SMILES string of the molecule is [O-][I+2]([O-])OCCCO. The summed E-state index contributed by atoms with van der Waals surface area (Å²) in [6.07, 6.45) is 0.387. The molecule has 0 atom stereocenters. The summed E-state index contributed by atoms with van der Waals surface area (Å²) in [6.45, 7) is 0.0956. The third kappa shape index (κ3) is 6.57. The second kappa shape index (κ2) is 5.70. The van der Waals surface area contributed by atoms with Crippen molar-refractivity contribution >= 4 is 0 Å². The molecule has 0 amide bonds. The van der Waals surface area contributed by atoms with Crippen molar-refractivity contribution in [3.63, 3.8) is 0 Å². The molecule has 50 valence electrons. The number of rotatable bonds is 4. The fraction of sp³-hybridized carbons (Fsp3) is 1.00. The normalized spacial score (nSPS) is 10.5. The molecule has 0 aliphatic rings. The summed E-state index contributed by atoms with van der Waals surface area (Å²) in [7, 11) is 0. The molecule has 0 aromatic rings. The molecule has 1 N–H and O–H groups in total. The van der Waals surface area contributed by atoms with Gasteiger partial charge in [-0.1, -0.05) is 0 Å². The van der Waals surface area contributed by atoms with Crippen LogP contribution in [0.25, 0.3) is 0 Å². The molecular formula is C3H7IO4. The predicted octanol–water partition coefficient (Wildman–Crippen LogP) is -5.52. The highest BCUT2D eigenvalue weighted by Gasteiger charge is 2.08. The fourth-order valence-electron chi connectivity index (χ4n) is 0.182. The summed E-state index contributed by atoms with van der Waals surface area (Å²) < 4.78 is 23.6. The quantitative estimate of drug-likeness (QED) is 0.389. The van der Waals surface area contributed by atoms with Gasteiger partial charge in [-0.25, -0.2) is 0 Å². The molecule has 8 heavy (non-hydrogen) atoms. The zero-order chi connectivity index (χ0) is 6.41. The Hall–Kier alpha value is 0.570. The zero-order valence-electron chi connectivity index (χ0n) is 4.17. The Kier molecular flexibility index (Phi) is 6.11. The minimum absolute atomic E-state index is 0.0238. The standard InChI is InChI=1S/C3H7IO4/c5-2-1-3-8-4(6)7/h5H,1-3H2. The molecule has 0 saturated carbocycles. The Morgan fingerprint density at radius 1 is 1.50 bits per heavy atom. The van der Waals surface area contributed by atoms with E-state index in [-0.39, 0.29) is 13.2 Å². The van der Waals surface area contributed by atoms with Crippen molar-refractivity contribution in [1.82, 2.24) is 0 Å². The summed E-state index contributed by atoms with van der Waals surface area (Å²) in [4.78, 5) is 0. The van der Waals surface area contributed by atoms with Gasteiger partial charge < -0.3 is 12.0 Å². The molecule has 0 unspecified atom stereocenters. The maximum absolute atomic E-state index is 9.70. The minimum atomic E-state index is -3.45. The van der Waals surface area contributed by atoms with Gasteiger partial charge in [0.2, 0.25) is 0 Å². The van der Waals surface area contributed by atoms with E-state index in [0.717, 1.165) is 0 Å². The minimum Gasteiger partial charge on any atom is -0.396 e. The Morgan fingerprint density at radius 3 is 2.50 bits per heavy atom. The lowest BCUT2D eigenvalue weighted by atomic mass is 10.5. The van der Waals surface area contributed by atoms with E-state index in [1.165, 1.54) is 0 Å². The van der Waals surface area contributed by atoms with Gasteiger partial charge in [-0.05, 0) is 3.07 Å². The number of aliphatic hydroxyl groups excluding tert-OH is 1. The van der Waals surface area contributed by atoms with E-state index in [1.807, 2.05) is 0 Å². The third-order valence-corrected chi connectivity index (χ3v) is 1.42. The summed E-state index contributed by atoms with van der Waals surface area (Å²) in [5.74, 6) is 0. The molecule has 0 radical (unpaired) electrons. The number of hydrogen-bond donors (Lipinski definition) is 1. The highest BCUT2D eigenvalue weighted by Crippen LogP contribution is 1.69. The van der Waals surface area contributed by atoms with Crippen LogP contribution in [0.15, 0.2) is 0 Å². The van der Waals surface area contributed by atoms with Crippen molar-refractivity contribution in [3.8, 4) is 0 Å². The van der Waals surface area contributed by atoms with E-state index in [9.17, 15) is 6.87 Å². The molecule has 0 saturated heterocycles. The topological polar surface area (TPSA) is 75.6 Å². The van der Waals surface area contributed by atoms with E-state index in [2.05, 4.69) is 3.07 Å². The van der Waals surface area contributed by atoms with Gasteiger partial charge >= 0.3 is 21.1 Å². The van der Waals surface area contributed by atoms with Gasteiger partial charge in [0.05, 0.1) is 0 Å². The van der Waals surface area contributed by atoms with Crippen molar-refractivity contribution in [2.24, 2.45) is 0 Å². The highest BCUT2D eigenvalue weighted by molar-refractivity contribution is 4.23. The molecule has 4 nitrogen and oxygen atoms in total. The van der Waals surface area contributed by atoms with Crippen molar-refractivity contribution in [2.45, 2.75) is 6.42 Å². The summed E-state index contributed by atoms with van der Waals surface area (Å²) >= 11 is -3.45. The van der Waals surface area contributed by atoms with E-state index in [4.69, 9.17) is 5.11 Å². The van der Waals surface area contributed by atoms with E-state index in [0.29, 0.717) is 6.42 Å². The largest absolute Gasteiger partial charge is 0.506 e. The molecule has 0 aliphatic heterocycles. The second-order valence-corrected chi connectivity index (χ2v) is 2.78. The third-order valence-electron chi connectivity index (χ3n) is 0.469. The Morgan fingerprint density at radius 2 is 2.12 bits per heavy atom. The van der Waals surface area contributed by atoms with Crippen LogP contribution in [0.1, 0.15) is 6.42 Å². The van der Waals surface area contributed by atoms with Crippen LogP contribution in [0.2, 0.25) is 0 Å².